The maximum Gasteiger partial charge on any atom is 0.392 e. The number of pyridine rings is 1. The third kappa shape index (κ3) is 3.85. The molecule has 0 bridgehead atoms. The van der Waals surface area contributed by atoms with Crippen molar-refractivity contribution in [2.45, 2.75) is 12.6 Å². The van der Waals surface area contributed by atoms with Crippen LogP contribution in [-0.2, 0) is 0 Å². The molecule has 0 fully saturated rings. The predicted octanol–water partition coefficient (Wildman–Crippen LogP) is 2.28. The summed E-state index contributed by atoms with van der Waals surface area (Å²) in [6, 6.07) is 4.71. The number of aromatic nitrogens is 1. The van der Waals surface area contributed by atoms with E-state index < -0.39 is 19.2 Å². The highest BCUT2D eigenvalue weighted by Crippen LogP contribution is 2.20. The van der Waals surface area contributed by atoms with Crippen molar-refractivity contribution in [3.63, 3.8) is 0 Å². The number of halogens is 3. The molecule has 0 aliphatic rings. The molecule has 1 aromatic rings. The van der Waals surface area contributed by atoms with E-state index in [1.165, 1.54) is 18.3 Å². The number of ether oxygens (including phenoxy) is 1. The molecule has 0 radical (unpaired) electrons. The van der Waals surface area contributed by atoms with Crippen LogP contribution in [0.2, 0.25) is 0 Å². The molecule has 0 N–H and O–H groups in total. The highest BCUT2D eigenvalue weighted by Gasteiger charge is 2.27. The minimum absolute atomic E-state index is 0.0655. The summed E-state index contributed by atoms with van der Waals surface area (Å²) >= 11 is 0. The number of hydrogen-bond donors (Lipinski definition) is 0. The molecular weight excluding hydrogens is 209 g/mol. The summed E-state index contributed by atoms with van der Waals surface area (Å²) in [5.74, 6) is -0.0655. The van der Waals surface area contributed by atoms with Gasteiger partial charge in [0.1, 0.15) is 11.6 Å². The van der Waals surface area contributed by atoms with Crippen LogP contribution in [0.3, 0.4) is 0 Å². The van der Waals surface area contributed by atoms with Crippen molar-refractivity contribution in [3.8, 4) is 11.9 Å². The van der Waals surface area contributed by atoms with E-state index >= 15 is 0 Å². The van der Waals surface area contributed by atoms with Crippen LogP contribution in [-0.4, -0.2) is 17.8 Å². The van der Waals surface area contributed by atoms with E-state index in [1.807, 2.05) is 0 Å². The molecule has 0 aliphatic carbocycles. The molecular formula is C9H7F3N2O. The molecule has 0 atom stereocenters. The van der Waals surface area contributed by atoms with Crippen LogP contribution >= 0.6 is 0 Å². The Bertz CT molecular complexity index is 370. The summed E-state index contributed by atoms with van der Waals surface area (Å²) in [7, 11) is 0. The fraction of sp³-hybridized carbons (Fsp3) is 0.333. The topological polar surface area (TPSA) is 45.9 Å². The molecule has 6 heteroatoms. The standard InChI is InChI=1S/C9H7F3N2O/c10-9(11,12)3-5-15-8-7(6-13)2-1-4-14-8/h1-2,4H,3,5H2. The highest BCUT2D eigenvalue weighted by molar-refractivity contribution is 5.36. The van der Waals surface area contributed by atoms with E-state index in [9.17, 15) is 13.2 Å². The molecule has 0 saturated heterocycles. The Labute approximate surface area is 84.1 Å². The van der Waals surface area contributed by atoms with Crippen LogP contribution in [0.25, 0.3) is 0 Å². The van der Waals surface area contributed by atoms with E-state index in [4.69, 9.17) is 10.00 Å². The van der Waals surface area contributed by atoms with Crippen LogP contribution in [0.4, 0.5) is 13.2 Å². The number of rotatable bonds is 3. The van der Waals surface area contributed by atoms with Gasteiger partial charge in [0, 0.05) is 6.20 Å². The van der Waals surface area contributed by atoms with Crippen LogP contribution in [0.5, 0.6) is 5.88 Å². The minimum Gasteiger partial charge on any atom is -0.476 e. The highest BCUT2D eigenvalue weighted by atomic mass is 19.4. The Hall–Kier alpha value is -1.77. The molecule has 80 valence electrons. The number of nitrogens with zero attached hydrogens (tertiary/aromatic N) is 2. The van der Waals surface area contributed by atoms with Gasteiger partial charge in [-0.1, -0.05) is 0 Å². The van der Waals surface area contributed by atoms with Crippen LogP contribution in [0, 0.1) is 11.3 Å². The van der Waals surface area contributed by atoms with Gasteiger partial charge in [-0.25, -0.2) is 4.98 Å². The monoisotopic (exact) mass is 216 g/mol. The summed E-state index contributed by atoms with van der Waals surface area (Å²) in [5.41, 5.74) is 0.125. The van der Waals surface area contributed by atoms with E-state index in [0.29, 0.717) is 0 Å². The molecule has 0 aromatic carbocycles. The lowest BCUT2D eigenvalue weighted by molar-refractivity contribution is -0.139. The second-order valence-electron chi connectivity index (χ2n) is 2.68. The van der Waals surface area contributed by atoms with Crippen molar-refractivity contribution < 1.29 is 17.9 Å². The first-order valence-electron chi connectivity index (χ1n) is 4.07. The van der Waals surface area contributed by atoms with Crippen molar-refractivity contribution in [3.05, 3.63) is 23.9 Å². The minimum atomic E-state index is -4.26. The molecule has 0 unspecified atom stereocenters. The van der Waals surface area contributed by atoms with E-state index in [-0.39, 0.29) is 11.4 Å². The number of nitriles is 1. The summed E-state index contributed by atoms with van der Waals surface area (Å²) in [6.45, 7) is -0.533. The molecule has 1 rings (SSSR count). The summed E-state index contributed by atoms with van der Waals surface area (Å²) in [6.07, 6.45) is -3.97. The van der Waals surface area contributed by atoms with Crippen molar-refractivity contribution in [2.24, 2.45) is 0 Å². The van der Waals surface area contributed by atoms with Gasteiger partial charge in [0.15, 0.2) is 0 Å². The van der Waals surface area contributed by atoms with E-state index in [0.717, 1.165) is 0 Å². The van der Waals surface area contributed by atoms with Crippen LogP contribution in [0.15, 0.2) is 18.3 Å². The predicted molar refractivity (Wildman–Crippen MR) is 45.1 cm³/mol. The average molecular weight is 216 g/mol. The van der Waals surface area contributed by atoms with Gasteiger partial charge < -0.3 is 4.74 Å². The normalized spacial score (nSPS) is 10.8. The second kappa shape index (κ2) is 4.64. The zero-order valence-corrected chi connectivity index (χ0v) is 7.58. The molecule has 0 spiro atoms. The Morgan fingerprint density at radius 2 is 2.20 bits per heavy atom. The maximum atomic E-state index is 11.8. The first-order chi connectivity index (χ1) is 7.03. The largest absolute Gasteiger partial charge is 0.476 e. The zero-order chi connectivity index (χ0) is 11.3. The van der Waals surface area contributed by atoms with Gasteiger partial charge in [0.25, 0.3) is 0 Å². The molecule has 3 nitrogen and oxygen atoms in total. The Morgan fingerprint density at radius 1 is 1.47 bits per heavy atom. The van der Waals surface area contributed by atoms with Gasteiger partial charge in [-0.05, 0) is 12.1 Å². The van der Waals surface area contributed by atoms with E-state index in [1.54, 1.807) is 6.07 Å². The molecule has 0 aliphatic heterocycles. The fourth-order valence-electron chi connectivity index (χ4n) is 0.854. The summed E-state index contributed by atoms with van der Waals surface area (Å²) in [4.78, 5) is 3.66. The molecule has 0 saturated carbocycles. The number of alkyl halides is 3. The molecule has 15 heavy (non-hydrogen) atoms. The van der Waals surface area contributed by atoms with Crippen molar-refractivity contribution in [1.29, 1.82) is 5.26 Å². The smallest absolute Gasteiger partial charge is 0.392 e. The zero-order valence-electron chi connectivity index (χ0n) is 7.58. The maximum absolute atomic E-state index is 11.8. The Balaban J connectivity index is 2.55. The quantitative estimate of drug-likeness (QED) is 0.778. The van der Waals surface area contributed by atoms with Gasteiger partial charge in [0.2, 0.25) is 5.88 Å². The van der Waals surface area contributed by atoms with Gasteiger partial charge in [-0.3, -0.25) is 0 Å². The average Bonchev–Trinajstić information content (AvgIpc) is 2.16. The molecule has 0 amide bonds. The van der Waals surface area contributed by atoms with Crippen LogP contribution < -0.4 is 4.74 Å². The van der Waals surface area contributed by atoms with Crippen molar-refractivity contribution in [1.82, 2.24) is 4.98 Å². The lowest BCUT2D eigenvalue weighted by Crippen LogP contribution is -2.13. The van der Waals surface area contributed by atoms with Gasteiger partial charge in [0.05, 0.1) is 13.0 Å². The lowest BCUT2D eigenvalue weighted by Gasteiger charge is -2.08. The fourth-order valence-corrected chi connectivity index (χ4v) is 0.854. The summed E-state index contributed by atoms with van der Waals surface area (Å²) < 4.78 is 40.1. The SMILES string of the molecule is N#Cc1cccnc1OCCC(F)(F)F. The second-order valence-corrected chi connectivity index (χ2v) is 2.68. The lowest BCUT2D eigenvalue weighted by atomic mass is 10.3. The molecule has 1 aromatic heterocycles. The Morgan fingerprint density at radius 3 is 2.80 bits per heavy atom. The van der Waals surface area contributed by atoms with Gasteiger partial charge >= 0.3 is 6.18 Å². The third-order valence-corrected chi connectivity index (χ3v) is 1.52. The first-order valence-corrected chi connectivity index (χ1v) is 4.07. The van der Waals surface area contributed by atoms with Crippen molar-refractivity contribution >= 4 is 0 Å². The number of hydrogen-bond acceptors (Lipinski definition) is 3. The first kappa shape index (κ1) is 11.3. The summed E-state index contributed by atoms with van der Waals surface area (Å²) in [5, 5.41) is 8.59. The van der Waals surface area contributed by atoms with E-state index in [2.05, 4.69) is 4.98 Å². The van der Waals surface area contributed by atoms with Gasteiger partial charge in [-0.15, -0.1) is 0 Å². The Kier molecular flexibility index (Phi) is 3.50. The molecule has 1 heterocycles. The van der Waals surface area contributed by atoms with Crippen LogP contribution in [0.1, 0.15) is 12.0 Å². The van der Waals surface area contributed by atoms with Crippen molar-refractivity contribution in [2.75, 3.05) is 6.61 Å². The van der Waals surface area contributed by atoms with Gasteiger partial charge in [-0.2, -0.15) is 18.4 Å². The third-order valence-electron chi connectivity index (χ3n) is 1.52.